The molecule has 2 aliphatic heterocycles. The molecule has 2 aliphatic rings. The Labute approximate surface area is 179 Å². The number of benzene rings is 1. The number of carbonyl (C=O) groups excluding carboxylic acids is 1. The van der Waals surface area contributed by atoms with Crippen molar-refractivity contribution in [1.29, 1.82) is 0 Å². The first-order valence-electron chi connectivity index (χ1n) is 10.7. The van der Waals surface area contributed by atoms with E-state index >= 15 is 0 Å². The van der Waals surface area contributed by atoms with E-state index in [1.807, 2.05) is 12.1 Å². The summed E-state index contributed by atoms with van der Waals surface area (Å²) in [5.74, 6) is 0.0874. The van der Waals surface area contributed by atoms with Crippen LogP contribution < -0.4 is 15.5 Å². The van der Waals surface area contributed by atoms with Gasteiger partial charge in [-0.2, -0.15) is 0 Å². The Hall–Kier alpha value is -3.04. The van der Waals surface area contributed by atoms with Crippen LogP contribution in [-0.4, -0.2) is 66.3 Å². The molecular formula is C22H25FN6O2. The fourth-order valence-electron chi connectivity index (χ4n) is 4.19. The van der Waals surface area contributed by atoms with E-state index in [-0.39, 0.29) is 23.6 Å². The monoisotopic (exact) mass is 424 g/mol. The van der Waals surface area contributed by atoms with Crippen molar-refractivity contribution in [2.75, 3.05) is 44.3 Å². The second-order valence-corrected chi connectivity index (χ2v) is 7.92. The number of nitrogens with zero attached hydrogens (tertiary/aromatic N) is 3. The van der Waals surface area contributed by atoms with Gasteiger partial charge in [0.1, 0.15) is 11.6 Å². The summed E-state index contributed by atoms with van der Waals surface area (Å²) < 4.78 is 19.8. The molecule has 0 spiro atoms. The molecule has 8 nitrogen and oxygen atoms in total. The lowest BCUT2D eigenvalue weighted by atomic mass is 10.1. The number of aromatic nitrogens is 3. The van der Waals surface area contributed by atoms with E-state index in [0.29, 0.717) is 48.9 Å². The molecule has 9 heteroatoms. The van der Waals surface area contributed by atoms with Gasteiger partial charge in [0.15, 0.2) is 0 Å². The highest BCUT2D eigenvalue weighted by atomic mass is 19.1. The maximum atomic E-state index is 14.3. The van der Waals surface area contributed by atoms with Gasteiger partial charge in [-0.1, -0.05) is 0 Å². The standard InChI is InChI=1S/C22H25FN6O2/c23-14-11-17(16-3-6-25-18(16)12-14)19-13-20(29-7-9-31-10-8-29)28-21(27-19)22(30)26-15-1-4-24-5-2-15/h3,6,11-13,15,24-25H,1-2,4-5,7-10H2,(H,26,30). The van der Waals surface area contributed by atoms with E-state index < -0.39 is 0 Å². The number of amides is 1. The zero-order valence-corrected chi connectivity index (χ0v) is 17.2. The number of H-pyrrole nitrogens is 1. The minimum absolute atomic E-state index is 0.0957. The summed E-state index contributed by atoms with van der Waals surface area (Å²) in [6.07, 6.45) is 3.51. The van der Waals surface area contributed by atoms with Gasteiger partial charge in [-0.15, -0.1) is 0 Å². The third-order valence-corrected chi connectivity index (χ3v) is 5.83. The molecule has 1 aromatic carbocycles. The largest absolute Gasteiger partial charge is 0.378 e. The number of carbonyl (C=O) groups is 1. The van der Waals surface area contributed by atoms with Crippen molar-refractivity contribution >= 4 is 22.6 Å². The summed E-state index contributed by atoms with van der Waals surface area (Å²) in [5.41, 5.74) is 1.84. The highest BCUT2D eigenvalue weighted by Gasteiger charge is 2.22. The van der Waals surface area contributed by atoms with E-state index in [4.69, 9.17) is 4.74 Å². The van der Waals surface area contributed by atoms with Crippen LogP contribution in [0.3, 0.4) is 0 Å². The van der Waals surface area contributed by atoms with Gasteiger partial charge in [0.05, 0.1) is 18.9 Å². The number of halogens is 1. The number of hydrogen-bond acceptors (Lipinski definition) is 6. The third-order valence-electron chi connectivity index (χ3n) is 5.83. The first kappa shape index (κ1) is 19.9. The molecule has 3 N–H and O–H groups in total. The van der Waals surface area contributed by atoms with Gasteiger partial charge in [0, 0.05) is 47.9 Å². The molecular weight excluding hydrogens is 399 g/mol. The molecule has 0 radical (unpaired) electrons. The number of ether oxygens (including phenoxy) is 1. The zero-order valence-electron chi connectivity index (χ0n) is 17.2. The van der Waals surface area contributed by atoms with Crippen molar-refractivity contribution in [2.24, 2.45) is 0 Å². The first-order valence-corrected chi connectivity index (χ1v) is 10.7. The summed E-state index contributed by atoms with van der Waals surface area (Å²) in [5, 5.41) is 7.20. The van der Waals surface area contributed by atoms with E-state index in [0.717, 1.165) is 31.3 Å². The molecule has 2 saturated heterocycles. The Balaban J connectivity index is 1.55. The summed E-state index contributed by atoms with van der Waals surface area (Å²) in [6.45, 7) is 4.29. The predicted octanol–water partition coefficient (Wildman–Crippen LogP) is 2.08. The average Bonchev–Trinajstić information content (AvgIpc) is 3.28. The molecule has 4 heterocycles. The quantitative estimate of drug-likeness (QED) is 0.594. The van der Waals surface area contributed by atoms with Crippen molar-refractivity contribution < 1.29 is 13.9 Å². The molecule has 5 rings (SSSR count). The first-order chi connectivity index (χ1) is 15.2. The van der Waals surface area contributed by atoms with Gasteiger partial charge in [0.2, 0.25) is 5.82 Å². The Morgan fingerprint density at radius 3 is 2.77 bits per heavy atom. The van der Waals surface area contributed by atoms with Gasteiger partial charge in [-0.3, -0.25) is 4.79 Å². The number of morpholine rings is 1. The minimum Gasteiger partial charge on any atom is -0.378 e. The van der Waals surface area contributed by atoms with Gasteiger partial charge in [0.25, 0.3) is 5.91 Å². The summed E-state index contributed by atoms with van der Waals surface area (Å²) >= 11 is 0. The van der Waals surface area contributed by atoms with Gasteiger partial charge in [-0.05, 0) is 44.1 Å². The molecule has 0 saturated carbocycles. The van der Waals surface area contributed by atoms with Crippen LogP contribution in [0.4, 0.5) is 10.2 Å². The minimum atomic E-state index is -0.364. The SMILES string of the molecule is O=C(NC1CCNCC1)c1nc(-c2cc(F)cc3[nH]ccc23)cc(N2CCOCC2)n1. The lowest BCUT2D eigenvalue weighted by Crippen LogP contribution is -2.43. The second-order valence-electron chi connectivity index (χ2n) is 7.92. The maximum Gasteiger partial charge on any atom is 0.289 e. The lowest BCUT2D eigenvalue weighted by molar-refractivity contribution is 0.0919. The van der Waals surface area contributed by atoms with Crippen molar-refractivity contribution in [3.8, 4) is 11.3 Å². The Bertz CT molecular complexity index is 1090. The van der Waals surface area contributed by atoms with Crippen molar-refractivity contribution in [3.63, 3.8) is 0 Å². The topological polar surface area (TPSA) is 95.2 Å². The number of nitrogens with one attached hydrogen (secondary N) is 3. The van der Waals surface area contributed by atoms with Gasteiger partial charge >= 0.3 is 0 Å². The normalized spacial score (nSPS) is 17.8. The van der Waals surface area contributed by atoms with Crippen LogP contribution in [0.2, 0.25) is 0 Å². The van der Waals surface area contributed by atoms with Crippen molar-refractivity contribution in [2.45, 2.75) is 18.9 Å². The lowest BCUT2D eigenvalue weighted by Gasteiger charge is -2.28. The molecule has 0 aliphatic carbocycles. The molecule has 3 aromatic rings. The molecule has 31 heavy (non-hydrogen) atoms. The zero-order chi connectivity index (χ0) is 21.2. The van der Waals surface area contributed by atoms with Crippen LogP contribution in [0.1, 0.15) is 23.5 Å². The number of fused-ring (bicyclic) bond motifs is 1. The molecule has 162 valence electrons. The number of rotatable bonds is 4. The van der Waals surface area contributed by atoms with Crippen molar-refractivity contribution in [3.05, 3.63) is 42.1 Å². The van der Waals surface area contributed by atoms with Crippen molar-refractivity contribution in [1.82, 2.24) is 25.6 Å². The van der Waals surface area contributed by atoms with E-state index in [9.17, 15) is 9.18 Å². The number of aromatic amines is 1. The second kappa shape index (κ2) is 8.60. The van der Waals surface area contributed by atoms with Crippen LogP contribution in [-0.2, 0) is 4.74 Å². The van der Waals surface area contributed by atoms with E-state index in [1.54, 1.807) is 6.20 Å². The Morgan fingerprint density at radius 1 is 1.16 bits per heavy atom. The number of anilines is 1. The molecule has 0 atom stereocenters. The van der Waals surface area contributed by atoms with Crippen LogP contribution >= 0.6 is 0 Å². The van der Waals surface area contributed by atoms with Crippen LogP contribution in [0.15, 0.2) is 30.5 Å². The maximum absolute atomic E-state index is 14.3. The van der Waals surface area contributed by atoms with Crippen LogP contribution in [0.25, 0.3) is 22.2 Å². The Morgan fingerprint density at radius 2 is 1.97 bits per heavy atom. The third kappa shape index (κ3) is 4.24. The highest BCUT2D eigenvalue weighted by Crippen LogP contribution is 2.30. The predicted molar refractivity (Wildman–Crippen MR) is 116 cm³/mol. The summed E-state index contributed by atoms with van der Waals surface area (Å²) in [4.78, 5) is 27.3. The fraction of sp³-hybridized carbons (Fsp3) is 0.409. The summed E-state index contributed by atoms with van der Waals surface area (Å²) in [6, 6.07) is 6.71. The number of piperidine rings is 1. The highest BCUT2D eigenvalue weighted by molar-refractivity contribution is 5.96. The van der Waals surface area contributed by atoms with E-state index in [2.05, 4.69) is 30.5 Å². The van der Waals surface area contributed by atoms with Gasteiger partial charge in [-0.25, -0.2) is 14.4 Å². The molecule has 2 aromatic heterocycles. The van der Waals surface area contributed by atoms with Crippen LogP contribution in [0.5, 0.6) is 0 Å². The van der Waals surface area contributed by atoms with Gasteiger partial charge < -0.3 is 25.3 Å². The molecule has 2 fully saturated rings. The summed E-state index contributed by atoms with van der Waals surface area (Å²) in [7, 11) is 0. The Kier molecular flexibility index (Phi) is 5.52. The fourth-order valence-corrected chi connectivity index (χ4v) is 4.19. The molecule has 0 bridgehead atoms. The number of hydrogen-bond donors (Lipinski definition) is 3. The molecule has 0 unspecified atom stereocenters. The smallest absolute Gasteiger partial charge is 0.289 e. The average molecular weight is 424 g/mol. The van der Waals surface area contributed by atoms with Crippen LogP contribution in [0, 0.1) is 5.82 Å². The molecule has 1 amide bonds. The van der Waals surface area contributed by atoms with E-state index in [1.165, 1.54) is 12.1 Å².